The summed E-state index contributed by atoms with van der Waals surface area (Å²) < 4.78 is 2.35. The number of rotatable bonds is 3. The first-order valence-corrected chi connectivity index (χ1v) is 7.87. The lowest BCUT2D eigenvalue weighted by molar-refractivity contribution is -0.133. The number of nitrogens with zero attached hydrogens (tertiary/aromatic N) is 5. The maximum absolute atomic E-state index is 12.3. The summed E-state index contributed by atoms with van der Waals surface area (Å²) in [6, 6.07) is 3.63. The van der Waals surface area contributed by atoms with Gasteiger partial charge < -0.3 is 4.90 Å². The lowest BCUT2D eigenvalue weighted by Gasteiger charge is -2.30. The van der Waals surface area contributed by atoms with E-state index in [1.54, 1.807) is 6.07 Å². The monoisotopic (exact) mass is 307 g/mol. The van der Waals surface area contributed by atoms with Crippen LogP contribution in [0, 0.1) is 5.92 Å². The quantitative estimate of drug-likeness (QED) is 0.839. The number of tetrazole rings is 1. The van der Waals surface area contributed by atoms with Crippen LogP contribution < -0.4 is 5.69 Å². The summed E-state index contributed by atoms with van der Waals surface area (Å²) in [6.07, 6.45) is 2.17. The Bertz CT molecular complexity index is 675. The van der Waals surface area contributed by atoms with Crippen molar-refractivity contribution in [3.63, 3.8) is 0 Å². The van der Waals surface area contributed by atoms with E-state index < -0.39 is 0 Å². The Labute approximate surface area is 125 Å². The molecule has 1 saturated heterocycles. The molecule has 0 bridgehead atoms. The number of likely N-dealkylation sites (tertiary alicyclic amines) is 1. The maximum Gasteiger partial charge on any atom is 0.369 e. The molecule has 0 aromatic carbocycles. The van der Waals surface area contributed by atoms with E-state index in [0.717, 1.165) is 30.6 Å². The largest absolute Gasteiger partial charge is 0.369 e. The summed E-state index contributed by atoms with van der Waals surface area (Å²) in [4.78, 5) is 26.2. The Hall–Kier alpha value is -1.96. The zero-order valence-electron chi connectivity index (χ0n) is 11.8. The van der Waals surface area contributed by atoms with Gasteiger partial charge in [0, 0.05) is 13.1 Å². The molecule has 0 saturated carbocycles. The van der Waals surface area contributed by atoms with Crippen LogP contribution in [-0.4, -0.2) is 43.7 Å². The maximum atomic E-state index is 12.3. The molecule has 0 radical (unpaired) electrons. The molecule has 0 N–H and O–H groups in total. The summed E-state index contributed by atoms with van der Waals surface area (Å²) >= 11 is 1.40. The van der Waals surface area contributed by atoms with Crippen molar-refractivity contribution in [2.45, 2.75) is 26.3 Å². The molecule has 21 heavy (non-hydrogen) atoms. The Morgan fingerprint density at radius 1 is 1.48 bits per heavy atom. The van der Waals surface area contributed by atoms with E-state index in [1.165, 1.54) is 16.0 Å². The van der Waals surface area contributed by atoms with Crippen LogP contribution in [0.2, 0.25) is 0 Å². The van der Waals surface area contributed by atoms with E-state index in [4.69, 9.17) is 0 Å². The molecule has 1 atom stereocenters. The Balaban J connectivity index is 1.74. The van der Waals surface area contributed by atoms with E-state index in [9.17, 15) is 9.59 Å². The summed E-state index contributed by atoms with van der Waals surface area (Å²) in [5.74, 6) is 0.447. The summed E-state index contributed by atoms with van der Waals surface area (Å²) in [5.41, 5.74) is -0.379. The topological polar surface area (TPSA) is 73.0 Å². The second kappa shape index (κ2) is 5.80. The smallest absolute Gasteiger partial charge is 0.341 e. The highest BCUT2D eigenvalue weighted by Crippen LogP contribution is 2.15. The van der Waals surface area contributed by atoms with Crippen molar-refractivity contribution < 1.29 is 4.79 Å². The fraction of sp³-hybridized carbons (Fsp3) is 0.538. The van der Waals surface area contributed by atoms with Gasteiger partial charge in [-0.3, -0.25) is 4.79 Å². The Morgan fingerprint density at radius 3 is 3.05 bits per heavy atom. The second-order valence-corrected chi connectivity index (χ2v) is 6.30. The molecule has 1 fully saturated rings. The van der Waals surface area contributed by atoms with Crippen LogP contribution in [0.15, 0.2) is 22.3 Å². The molecule has 7 nitrogen and oxygen atoms in total. The van der Waals surface area contributed by atoms with Crippen LogP contribution in [0.5, 0.6) is 0 Å². The highest BCUT2D eigenvalue weighted by Gasteiger charge is 2.22. The van der Waals surface area contributed by atoms with Crippen molar-refractivity contribution in [2.75, 3.05) is 13.1 Å². The first-order valence-electron chi connectivity index (χ1n) is 6.99. The van der Waals surface area contributed by atoms with Gasteiger partial charge in [0.2, 0.25) is 5.91 Å². The van der Waals surface area contributed by atoms with Gasteiger partial charge in [0.25, 0.3) is 0 Å². The molecule has 1 amide bonds. The average molecular weight is 307 g/mol. The van der Waals surface area contributed by atoms with Gasteiger partial charge in [-0.05, 0) is 46.7 Å². The number of piperidine rings is 1. The van der Waals surface area contributed by atoms with Crippen LogP contribution in [-0.2, 0) is 11.3 Å². The van der Waals surface area contributed by atoms with Gasteiger partial charge in [-0.15, -0.1) is 11.3 Å². The molecule has 8 heteroatoms. The molecule has 3 rings (SSSR count). The van der Waals surface area contributed by atoms with E-state index >= 15 is 0 Å². The zero-order chi connectivity index (χ0) is 14.8. The fourth-order valence-corrected chi connectivity index (χ4v) is 3.21. The van der Waals surface area contributed by atoms with Crippen LogP contribution in [0.4, 0.5) is 0 Å². The summed E-state index contributed by atoms with van der Waals surface area (Å²) in [5, 5.41) is 10.2. The van der Waals surface area contributed by atoms with Gasteiger partial charge in [-0.2, -0.15) is 9.36 Å². The predicted octanol–water partition coefficient (Wildman–Crippen LogP) is 0.749. The lowest BCUT2D eigenvalue weighted by atomic mass is 10.0. The summed E-state index contributed by atoms with van der Waals surface area (Å²) in [7, 11) is 0. The van der Waals surface area contributed by atoms with Crippen molar-refractivity contribution >= 4 is 17.2 Å². The lowest BCUT2D eigenvalue weighted by Crippen LogP contribution is -2.42. The normalized spacial score (nSPS) is 18.9. The zero-order valence-corrected chi connectivity index (χ0v) is 12.6. The number of carbonyl (C=O) groups is 1. The Kier molecular flexibility index (Phi) is 3.87. The van der Waals surface area contributed by atoms with E-state index in [2.05, 4.69) is 17.4 Å². The van der Waals surface area contributed by atoms with Gasteiger partial charge in [0.05, 0.1) is 0 Å². The molecule has 0 spiro atoms. The van der Waals surface area contributed by atoms with Crippen molar-refractivity contribution in [3.05, 3.63) is 28.0 Å². The van der Waals surface area contributed by atoms with Gasteiger partial charge in [-0.25, -0.2) is 4.79 Å². The molecule has 3 heterocycles. The number of thiophene rings is 1. The number of hydrogen-bond donors (Lipinski definition) is 0. The predicted molar refractivity (Wildman–Crippen MR) is 78.5 cm³/mol. The molecular formula is C13H17N5O2S. The average Bonchev–Trinajstić information content (AvgIpc) is 3.10. The van der Waals surface area contributed by atoms with Crippen molar-refractivity contribution in [2.24, 2.45) is 5.92 Å². The number of hydrogen-bond acceptors (Lipinski definition) is 5. The second-order valence-electron chi connectivity index (χ2n) is 5.37. The van der Waals surface area contributed by atoms with Crippen molar-refractivity contribution in [1.82, 2.24) is 24.7 Å². The van der Waals surface area contributed by atoms with Crippen molar-refractivity contribution in [3.8, 4) is 5.00 Å². The number of aromatic nitrogens is 4. The Morgan fingerprint density at radius 2 is 2.33 bits per heavy atom. The van der Waals surface area contributed by atoms with Crippen LogP contribution in [0.25, 0.3) is 5.00 Å². The molecule has 2 aromatic rings. The first kappa shape index (κ1) is 14.0. The van der Waals surface area contributed by atoms with E-state index in [-0.39, 0.29) is 18.1 Å². The van der Waals surface area contributed by atoms with Crippen molar-refractivity contribution in [1.29, 1.82) is 0 Å². The minimum Gasteiger partial charge on any atom is -0.341 e. The highest BCUT2D eigenvalue weighted by atomic mass is 32.1. The SMILES string of the molecule is CC1CCCN(C(=O)Cn2nnn(-c3cccs3)c2=O)C1. The van der Waals surface area contributed by atoms with Gasteiger partial charge in [0.15, 0.2) is 0 Å². The molecule has 112 valence electrons. The molecule has 1 aliphatic rings. The molecular weight excluding hydrogens is 290 g/mol. The van der Waals surface area contributed by atoms with E-state index in [1.807, 2.05) is 16.3 Å². The first-order chi connectivity index (χ1) is 10.1. The third-order valence-electron chi connectivity index (χ3n) is 3.65. The fourth-order valence-electron chi connectivity index (χ4n) is 2.55. The third kappa shape index (κ3) is 2.90. The third-order valence-corrected chi connectivity index (χ3v) is 4.49. The minimum absolute atomic E-state index is 0.0447. The van der Waals surface area contributed by atoms with E-state index in [0.29, 0.717) is 10.9 Å². The molecule has 0 aliphatic carbocycles. The minimum atomic E-state index is -0.379. The molecule has 1 aliphatic heterocycles. The van der Waals surface area contributed by atoms with Crippen LogP contribution >= 0.6 is 11.3 Å². The summed E-state index contributed by atoms with van der Waals surface area (Å²) in [6.45, 7) is 3.61. The van der Waals surface area contributed by atoms with Crippen LogP contribution in [0.3, 0.4) is 0 Å². The standard InChI is InChI=1S/C13H17N5O2S/c1-10-4-2-6-16(8-10)11(19)9-17-13(20)18(15-14-17)12-5-3-7-21-12/h3,5,7,10H,2,4,6,8-9H2,1H3. The molecule has 2 aromatic heterocycles. The van der Waals surface area contributed by atoms with Gasteiger partial charge >= 0.3 is 5.69 Å². The van der Waals surface area contributed by atoms with Gasteiger partial charge in [-0.1, -0.05) is 6.92 Å². The van der Waals surface area contributed by atoms with Gasteiger partial charge in [0.1, 0.15) is 11.5 Å². The molecule has 1 unspecified atom stereocenters. The van der Waals surface area contributed by atoms with Crippen LogP contribution in [0.1, 0.15) is 19.8 Å². The highest BCUT2D eigenvalue weighted by molar-refractivity contribution is 7.12. The number of amides is 1. The number of carbonyl (C=O) groups excluding carboxylic acids is 1.